The number of rotatable bonds is 7. The van der Waals surface area contributed by atoms with Crippen molar-refractivity contribution in [3.8, 4) is 0 Å². The van der Waals surface area contributed by atoms with Gasteiger partial charge >= 0.3 is 0 Å². The molecule has 1 unspecified atom stereocenters. The quantitative estimate of drug-likeness (QED) is 0.498. The van der Waals surface area contributed by atoms with Gasteiger partial charge in [0.25, 0.3) is 0 Å². The summed E-state index contributed by atoms with van der Waals surface area (Å²) in [6, 6.07) is 1.05. The number of piperidine rings is 1. The first-order chi connectivity index (χ1) is 12.5. The maximum absolute atomic E-state index is 5.67. The molecule has 0 aromatic heterocycles. The van der Waals surface area contributed by atoms with Crippen molar-refractivity contribution < 1.29 is 4.74 Å². The topological polar surface area (TPSA) is 55.4 Å². The monoisotopic (exact) mass is 368 g/mol. The lowest BCUT2D eigenvalue weighted by Gasteiger charge is -2.38. The summed E-state index contributed by atoms with van der Waals surface area (Å²) in [5, 5.41) is 7.15. The van der Waals surface area contributed by atoms with Gasteiger partial charge in [0.1, 0.15) is 0 Å². The molecule has 0 aliphatic carbocycles. The third-order valence-electron chi connectivity index (χ3n) is 5.50. The van der Waals surface area contributed by atoms with Crippen molar-refractivity contribution in [2.45, 2.75) is 44.9 Å². The molecule has 0 bridgehead atoms. The maximum atomic E-state index is 5.67. The molecule has 7 nitrogen and oxygen atoms in total. The summed E-state index contributed by atoms with van der Waals surface area (Å²) in [6.07, 6.45) is 2.65. The van der Waals surface area contributed by atoms with Gasteiger partial charge in [-0.1, -0.05) is 0 Å². The molecule has 2 N–H and O–H groups in total. The highest BCUT2D eigenvalue weighted by Gasteiger charge is 2.23. The zero-order valence-electron chi connectivity index (χ0n) is 17.5. The van der Waals surface area contributed by atoms with Crippen LogP contribution in [0.3, 0.4) is 0 Å². The van der Waals surface area contributed by atoms with E-state index in [0.29, 0.717) is 18.2 Å². The minimum atomic E-state index is 0.326. The molecule has 0 saturated carbocycles. The van der Waals surface area contributed by atoms with E-state index in [2.05, 4.69) is 58.3 Å². The lowest BCUT2D eigenvalue weighted by molar-refractivity contribution is 0.0532. The van der Waals surface area contributed by atoms with E-state index in [1.165, 1.54) is 0 Å². The highest BCUT2D eigenvalue weighted by molar-refractivity contribution is 5.80. The van der Waals surface area contributed by atoms with E-state index in [9.17, 15) is 0 Å². The van der Waals surface area contributed by atoms with Gasteiger partial charge in [0.15, 0.2) is 5.96 Å². The van der Waals surface area contributed by atoms with Gasteiger partial charge in [0, 0.05) is 64.9 Å². The molecule has 0 aromatic rings. The van der Waals surface area contributed by atoms with Crippen LogP contribution in [0, 0.1) is 0 Å². The Morgan fingerprint density at radius 1 is 1.15 bits per heavy atom. The number of likely N-dealkylation sites (tertiary alicyclic amines) is 1. The first-order valence-corrected chi connectivity index (χ1v) is 10.2. The lowest BCUT2D eigenvalue weighted by atomic mass is 10.1. The molecule has 2 aliphatic rings. The summed E-state index contributed by atoms with van der Waals surface area (Å²) in [6.45, 7) is 12.7. The number of aliphatic imine (C=N–C) groups is 1. The molecule has 2 saturated heterocycles. The molecular formula is C19H40N6O. The Hall–Kier alpha value is -0.890. The summed E-state index contributed by atoms with van der Waals surface area (Å²) in [4.78, 5) is 11.8. The third kappa shape index (κ3) is 7.39. The molecule has 0 spiro atoms. The van der Waals surface area contributed by atoms with Gasteiger partial charge < -0.3 is 25.2 Å². The van der Waals surface area contributed by atoms with Gasteiger partial charge in [-0.2, -0.15) is 0 Å². The smallest absolute Gasteiger partial charge is 0.191 e. The zero-order chi connectivity index (χ0) is 18.9. The fourth-order valence-electron chi connectivity index (χ4n) is 3.64. The van der Waals surface area contributed by atoms with Gasteiger partial charge in [0.05, 0.1) is 12.7 Å². The molecule has 0 aromatic carbocycles. The van der Waals surface area contributed by atoms with Gasteiger partial charge in [0.2, 0.25) is 0 Å². The van der Waals surface area contributed by atoms with Crippen LogP contribution >= 0.6 is 0 Å². The van der Waals surface area contributed by atoms with Gasteiger partial charge in [-0.15, -0.1) is 0 Å². The predicted molar refractivity (Wildman–Crippen MR) is 109 cm³/mol. The standard InChI is InChI=1S/C19H40N6O/c1-16(2)26-13-12-25-8-6-17(7-9-25)22-19(20-3)21-14-18-15-23(4)10-11-24(18)5/h16-18H,6-15H2,1-5H3,(H2,20,21,22). The third-order valence-corrected chi connectivity index (χ3v) is 5.50. The molecule has 2 fully saturated rings. The average molecular weight is 369 g/mol. The van der Waals surface area contributed by atoms with Crippen LogP contribution in [0.2, 0.25) is 0 Å². The fourth-order valence-corrected chi connectivity index (χ4v) is 3.64. The highest BCUT2D eigenvalue weighted by Crippen LogP contribution is 2.10. The van der Waals surface area contributed by atoms with Crippen LogP contribution in [0.1, 0.15) is 26.7 Å². The van der Waals surface area contributed by atoms with Crippen LogP contribution in [-0.2, 0) is 4.74 Å². The largest absolute Gasteiger partial charge is 0.377 e. The lowest BCUT2D eigenvalue weighted by Crippen LogP contribution is -2.56. The van der Waals surface area contributed by atoms with Crippen LogP contribution in [0.25, 0.3) is 0 Å². The zero-order valence-corrected chi connectivity index (χ0v) is 17.5. The number of nitrogens with zero attached hydrogens (tertiary/aromatic N) is 4. The fraction of sp³-hybridized carbons (Fsp3) is 0.947. The Labute approximate surface area is 160 Å². The SMILES string of the molecule is CN=C(NCC1CN(C)CCN1C)NC1CCN(CCOC(C)C)CC1. The van der Waals surface area contributed by atoms with Crippen molar-refractivity contribution >= 4 is 5.96 Å². The molecule has 2 aliphatic heterocycles. The Morgan fingerprint density at radius 2 is 1.88 bits per heavy atom. The molecule has 7 heteroatoms. The molecule has 2 rings (SSSR count). The van der Waals surface area contributed by atoms with Gasteiger partial charge in [-0.3, -0.25) is 9.89 Å². The van der Waals surface area contributed by atoms with Crippen molar-refractivity contribution in [3.05, 3.63) is 0 Å². The van der Waals surface area contributed by atoms with Crippen molar-refractivity contribution in [1.29, 1.82) is 0 Å². The van der Waals surface area contributed by atoms with E-state index in [1.54, 1.807) is 0 Å². The van der Waals surface area contributed by atoms with Crippen molar-refractivity contribution in [2.24, 2.45) is 4.99 Å². The first-order valence-electron chi connectivity index (χ1n) is 10.2. The molecule has 152 valence electrons. The molecule has 0 radical (unpaired) electrons. The molecule has 2 heterocycles. The summed E-state index contributed by atoms with van der Waals surface area (Å²) in [5.41, 5.74) is 0. The van der Waals surface area contributed by atoms with Crippen LogP contribution in [-0.4, -0.2) is 112 Å². The highest BCUT2D eigenvalue weighted by atomic mass is 16.5. The first kappa shape index (κ1) is 21.4. The van der Waals surface area contributed by atoms with E-state index in [0.717, 1.165) is 71.2 Å². The number of hydrogen-bond acceptors (Lipinski definition) is 5. The second-order valence-corrected chi connectivity index (χ2v) is 8.03. The molecule has 26 heavy (non-hydrogen) atoms. The van der Waals surface area contributed by atoms with E-state index in [-0.39, 0.29) is 0 Å². The Balaban J connectivity index is 1.65. The number of likely N-dealkylation sites (N-methyl/N-ethyl adjacent to an activating group) is 2. The number of piperazine rings is 1. The molecular weight excluding hydrogens is 328 g/mol. The minimum Gasteiger partial charge on any atom is -0.377 e. The van der Waals surface area contributed by atoms with E-state index in [4.69, 9.17) is 4.74 Å². The summed E-state index contributed by atoms with van der Waals surface area (Å²) >= 11 is 0. The van der Waals surface area contributed by atoms with E-state index < -0.39 is 0 Å². The van der Waals surface area contributed by atoms with Crippen LogP contribution in [0.4, 0.5) is 0 Å². The molecule has 1 atom stereocenters. The second-order valence-electron chi connectivity index (χ2n) is 8.03. The summed E-state index contributed by atoms with van der Waals surface area (Å²) < 4.78 is 5.67. The summed E-state index contributed by atoms with van der Waals surface area (Å²) in [5.74, 6) is 0.938. The number of ether oxygens (including phenoxy) is 1. The van der Waals surface area contributed by atoms with Crippen molar-refractivity contribution in [2.75, 3.05) is 73.6 Å². The number of guanidine groups is 1. The van der Waals surface area contributed by atoms with Crippen LogP contribution in [0.15, 0.2) is 4.99 Å². The van der Waals surface area contributed by atoms with Gasteiger partial charge in [-0.25, -0.2) is 0 Å². The van der Waals surface area contributed by atoms with E-state index in [1.807, 2.05) is 7.05 Å². The van der Waals surface area contributed by atoms with E-state index >= 15 is 0 Å². The normalized spacial score (nSPS) is 25.0. The van der Waals surface area contributed by atoms with Crippen LogP contribution < -0.4 is 10.6 Å². The minimum absolute atomic E-state index is 0.326. The predicted octanol–water partition coefficient (Wildman–Crippen LogP) is 0.287. The Bertz CT molecular complexity index is 422. The second kappa shape index (κ2) is 11.1. The van der Waals surface area contributed by atoms with Crippen molar-refractivity contribution in [1.82, 2.24) is 25.3 Å². The van der Waals surface area contributed by atoms with Crippen LogP contribution in [0.5, 0.6) is 0 Å². The summed E-state index contributed by atoms with van der Waals surface area (Å²) in [7, 11) is 6.28. The van der Waals surface area contributed by atoms with Gasteiger partial charge in [-0.05, 0) is 40.8 Å². The average Bonchev–Trinajstić information content (AvgIpc) is 2.62. The van der Waals surface area contributed by atoms with Crippen molar-refractivity contribution in [3.63, 3.8) is 0 Å². The Morgan fingerprint density at radius 3 is 2.54 bits per heavy atom. The molecule has 0 amide bonds. The Kier molecular flexibility index (Phi) is 9.11. The number of hydrogen-bond donors (Lipinski definition) is 2. The number of nitrogens with one attached hydrogen (secondary N) is 2. The maximum Gasteiger partial charge on any atom is 0.191 e.